The molecule has 0 saturated carbocycles. The summed E-state index contributed by atoms with van der Waals surface area (Å²) in [4.78, 5) is 11.0. The first-order chi connectivity index (χ1) is 8.58. The van der Waals surface area contributed by atoms with Gasteiger partial charge < -0.3 is 10.5 Å². The van der Waals surface area contributed by atoms with E-state index in [2.05, 4.69) is 22.6 Å². The third-order valence-corrected chi connectivity index (χ3v) is 3.47. The molecule has 0 heterocycles. The lowest BCUT2D eigenvalue weighted by atomic mass is 10.2. The molecule has 0 fully saturated rings. The molecular weight excluding hydrogens is 365 g/mol. The second-order valence-corrected chi connectivity index (χ2v) is 5.11. The first-order valence-electron chi connectivity index (χ1n) is 5.09. The fourth-order valence-electron chi connectivity index (χ4n) is 1.41. The van der Waals surface area contributed by atoms with E-state index < -0.39 is 5.91 Å². The molecule has 92 valence electrons. The Bertz CT molecular complexity index is 601. The second-order valence-electron chi connectivity index (χ2n) is 3.54. The lowest BCUT2D eigenvalue weighted by Gasteiger charge is -2.08. The third kappa shape index (κ3) is 2.94. The molecule has 0 aliphatic carbocycles. The van der Waals surface area contributed by atoms with Crippen LogP contribution in [0, 0.1) is 3.57 Å². The van der Waals surface area contributed by atoms with Crippen LogP contribution in [0.2, 0.25) is 5.02 Å². The summed E-state index contributed by atoms with van der Waals surface area (Å²) in [6, 6.07) is 12.4. The quantitative estimate of drug-likeness (QED) is 0.831. The Hall–Kier alpha value is -1.27. The number of primary amides is 1. The number of hydrogen-bond acceptors (Lipinski definition) is 2. The number of rotatable bonds is 3. The van der Waals surface area contributed by atoms with Gasteiger partial charge in [0.15, 0.2) is 0 Å². The molecule has 1 amide bonds. The van der Waals surface area contributed by atoms with Crippen molar-refractivity contribution in [2.45, 2.75) is 0 Å². The number of benzene rings is 2. The van der Waals surface area contributed by atoms with E-state index in [9.17, 15) is 4.79 Å². The van der Waals surface area contributed by atoms with Gasteiger partial charge in [-0.1, -0.05) is 23.7 Å². The number of hydrogen-bond donors (Lipinski definition) is 1. The average Bonchev–Trinajstić information content (AvgIpc) is 2.32. The third-order valence-electron chi connectivity index (χ3n) is 2.27. The van der Waals surface area contributed by atoms with Crippen LogP contribution in [0.25, 0.3) is 0 Å². The highest BCUT2D eigenvalue weighted by Gasteiger charge is 2.08. The summed E-state index contributed by atoms with van der Waals surface area (Å²) in [5.41, 5.74) is 5.46. The maximum absolute atomic E-state index is 11.0. The van der Waals surface area contributed by atoms with E-state index in [0.717, 1.165) is 9.32 Å². The van der Waals surface area contributed by atoms with Crippen LogP contribution in [0.3, 0.4) is 0 Å². The molecule has 0 bridgehead atoms. The van der Waals surface area contributed by atoms with E-state index in [0.29, 0.717) is 5.75 Å². The van der Waals surface area contributed by atoms with Crippen LogP contribution in [0.4, 0.5) is 0 Å². The van der Waals surface area contributed by atoms with Gasteiger partial charge in [-0.05, 0) is 46.9 Å². The Kier molecular flexibility index (Phi) is 4.08. The first kappa shape index (κ1) is 13.2. The number of halogens is 2. The first-order valence-corrected chi connectivity index (χ1v) is 6.55. The topological polar surface area (TPSA) is 52.3 Å². The molecule has 5 heteroatoms. The van der Waals surface area contributed by atoms with Crippen LogP contribution in [0.5, 0.6) is 11.5 Å². The molecule has 2 N–H and O–H groups in total. The van der Waals surface area contributed by atoms with Gasteiger partial charge in [-0.3, -0.25) is 4.79 Å². The number of nitrogens with two attached hydrogens (primary N) is 1. The minimum Gasteiger partial charge on any atom is -0.456 e. The molecule has 18 heavy (non-hydrogen) atoms. The van der Waals surface area contributed by atoms with Crippen LogP contribution >= 0.6 is 34.2 Å². The number of para-hydroxylation sites is 1. The fraction of sp³-hybridized carbons (Fsp3) is 0. The van der Waals surface area contributed by atoms with E-state index >= 15 is 0 Å². The molecule has 0 unspecified atom stereocenters. The summed E-state index contributed by atoms with van der Waals surface area (Å²) in [5, 5.41) is 0.283. The molecule has 2 rings (SSSR count). The number of carbonyl (C=O) groups excluding carboxylic acids is 1. The summed E-state index contributed by atoms with van der Waals surface area (Å²) in [6.07, 6.45) is 0. The van der Waals surface area contributed by atoms with Crippen molar-refractivity contribution >= 4 is 40.1 Å². The summed E-state index contributed by atoms with van der Waals surface area (Å²) < 4.78 is 6.67. The van der Waals surface area contributed by atoms with E-state index in [1.165, 1.54) is 0 Å². The van der Waals surface area contributed by atoms with Gasteiger partial charge in [0.2, 0.25) is 5.91 Å². The van der Waals surface area contributed by atoms with Gasteiger partial charge in [-0.25, -0.2) is 0 Å². The van der Waals surface area contributed by atoms with Gasteiger partial charge in [0.05, 0.1) is 14.2 Å². The number of ether oxygens (including phenoxy) is 1. The zero-order valence-electron chi connectivity index (χ0n) is 9.19. The Morgan fingerprint density at radius 2 is 1.94 bits per heavy atom. The minimum atomic E-state index is -0.555. The number of carbonyl (C=O) groups is 1. The van der Waals surface area contributed by atoms with Crippen LogP contribution < -0.4 is 10.5 Å². The zero-order chi connectivity index (χ0) is 13.1. The highest BCUT2D eigenvalue weighted by molar-refractivity contribution is 14.1. The van der Waals surface area contributed by atoms with E-state index in [4.69, 9.17) is 22.1 Å². The monoisotopic (exact) mass is 373 g/mol. The van der Waals surface area contributed by atoms with Gasteiger partial charge in [-0.2, -0.15) is 0 Å². The molecular formula is C13H9ClINO2. The normalized spacial score (nSPS) is 10.1. The molecule has 0 aromatic heterocycles. The predicted molar refractivity (Wildman–Crippen MR) is 79.2 cm³/mol. The van der Waals surface area contributed by atoms with Crippen molar-refractivity contribution in [1.29, 1.82) is 0 Å². The standard InChI is InChI=1S/C13H9ClINO2/c14-10-7-8(5-6-9(10)13(16)17)18-12-4-2-1-3-11(12)15/h1-7H,(H2,16,17). The summed E-state index contributed by atoms with van der Waals surface area (Å²) in [7, 11) is 0. The van der Waals surface area contributed by atoms with Crippen molar-refractivity contribution in [2.24, 2.45) is 5.73 Å². The molecule has 0 aliphatic heterocycles. The SMILES string of the molecule is NC(=O)c1ccc(Oc2ccccc2I)cc1Cl. The van der Waals surface area contributed by atoms with Crippen LogP contribution in [-0.4, -0.2) is 5.91 Å². The second kappa shape index (κ2) is 5.58. The van der Waals surface area contributed by atoms with E-state index in [1.54, 1.807) is 18.2 Å². The van der Waals surface area contributed by atoms with Crippen molar-refractivity contribution in [3.8, 4) is 11.5 Å². The molecule has 0 aliphatic rings. The van der Waals surface area contributed by atoms with Gasteiger partial charge in [0.1, 0.15) is 11.5 Å². The maximum Gasteiger partial charge on any atom is 0.250 e. The lowest BCUT2D eigenvalue weighted by Crippen LogP contribution is -2.11. The van der Waals surface area contributed by atoms with Crippen LogP contribution in [-0.2, 0) is 0 Å². The Labute approximate surface area is 123 Å². The number of amides is 1. The Balaban J connectivity index is 2.29. The molecule has 0 radical (unpaired) electrons. The van der Waals surface area contributed by atoms with Crippen molar-refractivity contribution in [2.75, 3.05) is 0 Å². The minimum absolute atomic E-state index is 0.283. The molecule has 2 aromatic rings. The van der Waals surface area contributed by atoms with E-state index in [-0.39, 0.29) is 10.6 Å². The molecule has 0 atom stereocenters. The predicted octanol–water partition coefficient (Wildman–Crippen LogP) is 3.84. The highest BCUT2D eigenvalue weighted by Crippen LogP contribution is 2.29. The van der Waals surface area contributed by atoms with Crippen molar-refractivity contribution in [3.05, 3.63) is 56.6 Å². The van der Waals surface area contributed by atoms with Crippen molar-refractivity contribution in [1.82, 2.24) is 0 Å². The van der Waals surface area contributed by atoms with Gasteiger partial charge >= 0.3 is 0 Å². The summed E-state index contributed by atoms with van der Waals surface area (Å²) >= 11 is 8.13. The van der Waals surface area contributed by atoms with Crippen LogP contribution in [0.15, 0.2) is 42.5 Å². The fourth-order valence-corrected chi connectivity index (χ4v) is 2.17. The summed E-state index contributed by atoms with van der Waals surface area (Å²) in [6.45, 7) is 0. The lowest BCUT2D eigenvalue weighted by molar-refractivity contribution is 0.100. The average molecular weight is 374 g/mol. The maximum atomic E-state index is 11.0. The molecule has 0 spiro atoms. The zero-order valence-corrected chi connectivity index (χ0v) is 12.1. The van der Waals surface area contributed by atoms with Crippen molar-refractivity contribution < 1.29 is 9.53 Å². The highest BCUT2D eigenvalue weighted by atomic mass is 127. The molecule has 0 saturated heterocycles. The summed E-state index contributed by atoms with van der Waals surface area (Å²) in [5.74, 6) is 0.746. The van der Waals surface area contributed by atoms with Gasteiger partial charge in [0.25, 0.3) is 0 Å². The van der Waals surface area contributed by atoms with Gasteiger partial charge in [-0.15, -0.1) is 0 Å². The molecule has 2 aromatic carbocycles. The van der Waals surface area contributed by atoms with Crippen LogP contribution in [0.1, 0.15) is 10.4 Å². The van der Waals surface area contributed by atoms with Gasteiger partial charge in [0, 0.05) is 6.07 Å². The largest absolute Gasteiger partial charge is 0.456 e. The Morgan fingerprint density at radius 3 is 2.56 bits per heavy atom. The smallest absolute Gasteiger partial charge is 0.250 e. The van der Waals surface area contributed by atoms with Crippen molar-refractivity contribution in [3.63, 3.8) is 0 Å². The Morgan fingerprint density at radius 1 is 1.22 bits per heavy atom. The molecule has 3 nitrogen and oxygen atoms in total. The van der Waals surface area contributed by atoms with E-state index in [1.807, 2.05) is 24.3 Å².